The second-order valence-electron chi connectivity index (χ2n) is 5.64. The molecule has 0 spiro atoms. The Hall–Kier alpha value is -0.380. The van der Waals surface area contributed by atoms with Crippen molar-refractivity contribution >= 4 is 11.3 Å². The van der Waals surface area contributed by atoms with Crippen LogP contribution in [0.15, 0.2) is 12.1 Å². The fourth-order valence-electron chi connectivity index (χ4n) is 1.66. The normalized spacial score (nSPS) is 12.4. The van der Waals surface area contributed by atoms with Gasteiger partial charge in [-0.2, -0.15) is 0 Å². The van der Waals surface area contributed by atoms with Crippen LogP contribution < -0.4 is 5.32 Å². The van der Waals surface area contributed by atoms with Crippen molar-refractivity contribution in [3.8, 4) is 0 Å². The van der Waals surface area contributed by atoms with Crippen molar-refractivity contribution in [2.45, 2.75) is 46.2 Å². The van der Waals surface area contributed by atoms with Crippen molar-refractivity contribution in [1.29, 1.82) is 0 Å². The Morgan fingerprint density at radius 3 is 2.41 bits per heavy atom. The summed E-state index contributed by atoms with van der Waals surface area (Å²) in [6.07, 6.45) is 1.15. The average Bonchev–Trinajstić information content (AvgIpc) is 2.63. The Kier molecular flexibility index (Phi) is 5.63. The Morgan fingerprint density at radius 1 is 1.24 bits per heavy atom. The highest BCUT2D eigenvalue weighted by Gasteiger charge is 2.09. The molecule has 3 heteroatoms. The maximum Gasteiger partial charge on any atom is 0.0325 e. The van der Waals surface area contributed by atoms with Crippen LogP contribution >= 0.6 is 11.3 Å². The van der Waals surface area contributed by atoms with Crippen molar-refractivity contribution in [1.82, 2.24) is 10.2 Å². The largest absolute Gasteiger partial charge is 0.311 e. The van der Waals surface area contributed by atoms with Crippen molar-refractivity contribution in [3.05, 3.63) is 21.9 Å². The average molecular weight is 254 g/mol. The molecule has 1 aromatic heterocycles. The molecule has 1 rings (SSSR count). The number of likely N-dealkylation sites (N-methyl/N-ethyl adjacent to an activating group) is 1. The zero-order chi connectivity index (χ0) is 12.9. The van der Waals surface area contributed by atoms with Gasteiger partial charge in [0.05, 0.1) is 0 Å². The molecule has 1 heterocycles. The summed E-state index contributed by atoms with van der Waals surface area (Å²) >= 11 is 1.94. The molecule has 0 aromatic carbocycles. The third-order valence-corrected chi connectivity index (χ3v) is 3.85. The lowest BCUT2D eigenvalue weighted by Gasteiger charge is -2.23. The first-order chi connectivity index (χ1) is 7.90. The Labute approximate surface area is 110 Å². The second kappa shape index (κ2) is 6.53. The van der Waals surface area contributed by atoms with Crippen LogP contribution in [0.3, 0.4) is 0 Å². The maximum absolute atomic E-state index is 3.52. The van der Waals surface area contributed by atoms with Crippen LogP contribution in [0.4, 0.5) is 0 Å². The summed E-state index contributed by atoms with van der Waals surface area (Å²) in [6, 6.07) is 4.51. The highest BCUT2D eigenvalue weighted by Crippen LogP contribution is 2.18. The molecule has 0 aliphatic carbocycles. The molecule has 0 unspecified atom stereocenters. The number of hydrogen-bond acceptors (Lipinski definition) is 3. The van der Waals surface area contributed by atoms with E-state index in [1.807, 2.05) is 11.3 Å². The van der Waals surface area contributed by atoms with E-state index in [1.54, 1.807) is 0 Å². The minimum Gasteiger partial charge on any atom is -0.311 e. The van der Waals surface area contributed by atoms with Gasteiger partial charge in [0.25, 0.3) is 0 Å². The third-order valence-electron chi connectivity index (χ3n) is 2.64. The summed E-state index contributed by atoms with van der Waals surface area (Å²) in [5, 5.41) is 3.52. The number of aryl methyl sites for hydroxylation is 1. The number of hydrogen-bond donors (Lipinski definition) is 1. The molecule has 0 saturated heterocycles. The maximum atomic E-state index is 3.52. The van der Waals surface area contributed by atoms with Gasteiger partial charge >= 0.3 is 0 Å². The molecule has 0 radical (unpaired) electrons. The Balaban J connectivity index is 2.27. The van der Waals surface area contributed by atoms with E-state index < -0.39 is 0 Å². The van der Waals surface area contributed by atoms with E-state index in [4.69, 9.17) is 0 Å². The highest BCUT2D eigenvalue weighted by atomic mass is 32.1. The Morgan fingerprint density at radius 2 is 1.88 bits per heavy atom. The van der Waals surface area contributed by atoms with Gasteiger partial charge in [-0.05, 0) is 46.4 Å². The first kappa shape index (κ1) is 14.7. The van der Waals surface area contributed by atoms with Crippen molar-refractivity contribution in [2.75, 3.05) is 20.1 Å². The number of thiophene rings is 1. The van der Waals surface area contributed by atoms with Gasteiger partial charge in [0, 0.05) is 34.9 Å². The molecule has 1 aromatic rings. The van der Waals surface area contributed by atoms with Gasteiger partial charge < -0.3 is 10.2 Å². The zero-order valence-electron chi connectivity index (χ0n) is 11.8. The van der Waals surface area contributed by atoms with Gasteiger partial charge in [-0.1, -0.05) is 6.92 Å². The molecule has 0 bridgehead atoms. The summed E-state index contributed by atoms with van der Waals surface area (Å²) in [5.41, 5.74) is 0.221. The van der Waals surface area contributed by atoms with E-state index in [2.05, 4.69) is 57.1 Å². The van der Waals surface area contributed by atoms with Gasteiger partial charge in [-0.25, -0.2) is 0 Å². The van der Waals surface area contributed by atoms with Crippen LogP contribution in [-0.2, 0) is 13.0 Å². The van der Waals surface area contributed by atoms with Crippen LogP contribution in [0, 0.1) is 0 Å². The van der Waals surface area contributed by atoms with Crippen LogP contribution in [-0.4, -0.2) is 30.6 Å². The summed E-state index contributed by atoms with van der Waals surface area (Å²) in [4.78, 5) is 5.34. The molecule has 1 N–H and O–H groups in total. The molecule has 0 atom stereocenters. The van der Waals surface area contributed by atoms with E-state index >= 15 is 0 Å². The lowest BCUT2D eigenvalue weighted by molar-refractivity contribution is 0.305. The first-order valence-corrected chi connectivity index (χ1v) is 7.23. The van der Waals surface area contributed by atoms with Gasteiger partial charge in [0.15, 0.2) is 0 Å². The molecule has 0 fully saturated rings. The van der Waals surface area contributed by atoms with Gasteiger partial charge in [-0.15, -0.1) is 11.3 Å². The molecule has 17 heavy (non-hydrogen) atoms. The topological polar surface area (TPSA) is 15.3 Å². The van der Waals surface area contributed by atoms with Crippen molar-refractivity contribution in [2.24, 2.45) is 0 Å². The standard InChI is InChI=1S/C14H26N2S/c1-6-12-7-8-13(17-12)11-16(5)10-9-15-14(2,3)4/h7-8,15H,6,9-11H2,1-5H3. The summed E-state index contributed by atoms with van der Waals surface area (Å²) in [7, 11) is 2.19. The lowest BCUT2D eigenvalue weighted by Crippen LogP contribution is -2.40. The second-order valence-corrected chi connectivity index (χ2v) is 6.89. The van der Waals surface area contributed by atoms with Crippen LogP contribution in [0.25, 0.3) is 0 Å². The minimum atomic E-state index is 0.221. The fraction of sp³-hybridized carbons (Fsp3) is 0.714. The first-order valence-electron chi connectivity index (χ1n) is 6.42. The van der Waals surface area contributed by atoms with E-state index in [9.17, 15) is 0 Å². The smallest absolute Gasteiger partial charge is 0.0325 e. The predicted octanol–water partition coefficient (Wildman–Crippen LogP) is 3.13. The zero-order valence-corrected chi connectivity index (χ0v) is 12.7. The molecular formula is C14H26N2S. The molecule has 98 valence electrons. The number of nitrogens with one attached hydrogen (secondary N) is 1. The van der Waals surface area contributed by atoms with E-state index in [-0.39, 0.29) is 5.54 Å². The van der Waals surface area contributed by atoms with Gasteiger partial charge in [-0.3, -0.25) is 0 Å². The SMILES string of the molecule is CCc1ccc(CN(C)CCNC(C)(C)C)s1. The summed E-state index contributed by atoms with van der Waals surface area (Å²) < 4.78 is 0. The van der Waals surface area contributed by atoms with E-state index in [0.717, 1.165) is 26.1 Å². The molecule has 0 aliphatic rings. The molecule has 0 amide bonds. The van der Waals surface area contributed by atoms with E-state index in [1.165, 1.54) is 9.75 Å². The van der Waals surface area contributed by atoms with Crippen LogP contribution in [0.2, 0.25) is 0 Å². The third kappa shape index (κ3) is 6.20. The van der Waals surface area contributed by atoms with Gasteiger partial charge in [0.1, 0.15) is 0 Å². The highest BCUT2D eigenvalue weighted by molar-refractivity contribution is 7.11. The molecule has 0 aliphatic heterocycles. The van der Waals surface area contributed by atoms with Gasteiger partial charge in [0.2, 0.25) is 0 Å². The fourth-order valence-corrected chi connectivity index (χ4v) is 2.70. The van der Waals surface area contributed by atoms with E-state index in [0.29, 0.717) is 0 Å². The summed E-state index contributed by atoms with van der Waals surface area (Å²) in [6.45, 7) is 12.0. The number of nitrogens with zero attached hydrogens (tertiary/aromatic N) is 1. The molecular weight excluding hydrogens is 228 g/mol. The Bertz CT molecular complexity index is 325. The van der Waals surface area contributed by atoms with Crippen molar-refractivity contribution in [3.63, 3.8) is 0 Å². The molecule has 2 nitrogen and oxygen atoms in total. The lowest BCUT2D eigenvalue weighted by atomic mass is 10.1. The summed E-state index contributed by atoms with van der Waals surface area (Å²) in [5.74, 6) is 0. The quantitative estimate of drug-likeness (QED) is 0.839. The predicted molar refractivity (Wildman–Crippen MR) is 77.8 cm³/mol. The van der Waals surface area contributed by atoms with Crippen LogP contribution in [0.1, 0.15) is 37.4 Å². The van der Waals surface area contributed by atoms with Crippen molar-refractivity contribution < 1.29 is 0 Å². The van der Waals surface area contributed by atoms with Crippen LogP contribution in [0.5, 0.6) is 0 Å². The number of rotatable bonds is 6. The monoisotopic (exact) mass is 254 g/mol. The minimum absolute atomic E-state index is 0.221. The molecule has 0 saturated carbocycles.